The Morgan fingerprint density at radius 1 is 1.21 bits per heavy atom. The highest BCUT2D eigenvalue weighted by molar-refractivity contribution is 5.58. The first-order chi connectivity index (χ1) is 8.72. The van der Waals surface area contributed by atoms with E-state index in [4.69, 9.17) is 5.73 Å². The second-order valence-electron chi connectivity index (χ2n) is 7.48. The van der Waals surface area contributed by atoms with Crippen molar-refractivity contribution in [3.63, 3.8) is 0 Å². The van der Waals surface area contributed by atoms with Crippen molar-refractivity contribution in [1.82, 2.24) is 0 Å². The lowest BCUT2D eigenvalue weighted by atomic mass is 9.82. The number of anilines is 1. The zero-order chi connectivity index (χ0) is 14.3. The number of hydrogen-bond donors (Lipinski definition) is 1. The number of rotatable bonds is 1. The highest BCUT2D eigenvalue weighted by Gasteiger charge is 2.35. The molecular formula is C17H28N2. The van der Waals surface area contributed by atoms with Crippen molar-refractivity contribution in [3.05, 3.63) is 29.8 Å². The molecule has 0 spiro atoms. The van der Waals surface area contributed by atoms with E-state index in [1.807, 2.05) is 0 Å². The first-order valence-electron chi connectivity index (χ1n) is 7.34. The minimum atomic E-state index is 0.138. The summed E-state index contributed by atoms with van der Waals surface area (Å²) in [5, 5.41) is 0. The lowest BCUT2D eigenvalue weighted by molar-refractivity contribution is 0.326. The van der Waals surface area contributed by atoms with Crippen LogP contribution in [0.3, 0.4) is 0 Å². The van der Waals surface area contributed by atoms with Crippen LogP contribution < -0.4 is 10.6 Å². The molecule has 1 atom stereocenters. The van der Waals surface area contributed by atoms with Crippen LogP contribution in [0.1, 0.15) is 53.0 Å². The molecule has 0 aromatic heterocycles. The van der Waals surface area contributed by atoms with Crippen molar-refractivity contribution >= 4 is 5.69 Å². The predicted molar refractivity (Wildman–Crippen MR) is 83.8 cm³/mol. The smallest absolute Gasteiger partial charge is 0.0408 e. The van der Waals surface area contributed by atoms with Gasteiger partial charge in [-0.25, -0.2) is 0 Å². The van der Waals surface area contributed by atoms with E-state index in [0.29, 0.717) is 6.04 Å². The van der Waals surface area contributed by atoms with E-state index < -0.39 is 0 Å². The molecule has 0 amide bonds. The lowest BCUT2D eigenvalue weighted by Gasteiger charge is -2.48. The number of nitrogens with zero attached hydrogens (tertiary/aromatic N) is 1. The van der Waals surface area contributed by atoms with Crippen LogP contribution in [0.25, 0.3) is 0 Å². The van der Waals surface area contributed by atoms with Gasteiger partial charge in [0.2, 0.25) is 0 Å². The Hall–Kier alpha value is -1.02. The summed E-state index contributed by atoms with van der Waals surface area (Å²) < 4.78 is 0. The summed E-state index contributed by atoms with van der Waals surface area (Å²) in [4.78, 5) is 2.55. The molecule has 1 aromatic carbocycles. The van der Waals surface area contributed by atoms with E-state index in [9.17, 15) is 0 Å². The monoisotopic (exact) mass is 260 g/mol. The zero-order valence-electron chi connectivity index (χ0n) is 13.0. The summed E-state index contributed by atoms with van der Waals surface area (Å²) in [6.07, 6.45) is 2.15. The summed E-state index contributed by atoms with van der Waals surface area (Å²) in [5.41, 5.74) is 9.27. The van der Waals surface area contributed by atoms with Gasteiger partial charge in [-0.3, -0.25) is 0 Å². The van der Waals surface area contributed by atoms with Gasteiger partial charge < -0.3 is 10.6 Å². The molecule has 0 bridgehead atoms. The first kappa shape index (κ1) is 14.4. The van der Waals surface area contributed by atoms with Crippen molar-refractivity contribution in [2.45, 2.75) is 64.5 Å². The fourth-order valence-corrected chi connectivity index (χ4v) is 3.24. The molecule has 2 rings (SSSR count). The van der Waals surface area contributed by atoms with Crippen LogP contribution in [0.15, 0.2) is 24.3 Å². The van der Waals surface area contributed by atoms with E-state index in [-0.39, 0.29) is 11.0 Å². The van der Waals surface area contributed by atoms with Crippen LogP contribution in [-0.2, 0) is 5.41 Å². The normalized spacial score (nSPS) is 23.5. The molecule has 2 nitrogen and oxygen atoms in total. The Kier molecular flexibility index (Phi) is 3.65. The second kappa shape index (κ2) is 4.82. The maximum absolute atomic E-state index is 6.15. The van der Waals surface area contributed by atoms with Crippen molar-refractivity contribution in [2.75, 3.05) is 11.4 Å². The van der Waals surface area contributed by atoms with E-state index >= 15 is 0 Å². The first-order valence-corrected chi connectivity index (χ1v) is 7.34. The van der Waals surface area contributed by atoms with Gasteiger partial charge in [0, 0.05) is 23.8 Å². The Balaban J connectivity index is 2.42. The number of nitrogens with two attached hydrogens (primary N) is 1. The largest absolute Gasteiger partial charge is 0.366 e. The van der Waals surface area contributed by atoms with Gasteiger partial charge in [-0.15, -0.1) is 0 Å². The van der Waals surface area contributed by atoms with Gasteiger partial charge in [-0.05, 0) is 43.7 Å². The lowest BCUT2D eigenvalue weighted by Crippen LogP contribution is -2.54. The van der Waals surface area contributed by atoms with Crippen LogP contribution in [0, 0.1) is 0 Å². The van der Waals surface area contributed by atoms with Gasteiger partial charge in [0.15, 0.2) is 0 Å². The van der Waals surface area contributed by atoms with Crippen molar-refractivity contribution in [3.8, 4) is 0 Å². The van der Waals surface area contributed by atoms with Gasteiger partial charge >= 0.3 is 0 Å². The number of benzene rings is 1. The van der Waals surface area contributed by atoms with Crippen LogP contribution >= 0.6 is 0 Å². The Bertz CT molecular complexity index is 443. The third-order valence-electron chi connectivity index (χ3n) is 4.22. The zero-order valence-corrected chi connectivity index (χ0v) is 13.0. The molecule has 1 aliphatic rings. The second-order valence-corrected chi connectivity index (χ2v) is 7.48. The quantitative estimate of drug-likeness (QED) is 0.834. The highest BCUT2D eigenvalue weighted by atomic mass is 15.2. The summed E-state index contributed by atoms with van der Waals surface area (Å²) in [7, 11) is 0. The topological polar surface area (TPSA) is 29.3 Å². The van der Waals surface area contributed by atoms with Crippen molar-refractivity contribution in [2.24, 2.45) is 5.73 Å². The van der Waals surface area contributed by atoms with Crippen molar-refractivity contribution in [1.29, 1.82) is 0 Å². The minimum absolute atomic E-state index is 0.138. The molecule has 0 radical (unpaired) electrons. The summed E-state index contributed by atoms with van der Waals surface area (Å²) in [6, 6.07) is 9.16. The van der Waals surface area contributed by atoms with E-state index in [1.165, 1.54) is 11.3 Å². The molecule has 1 aromatic rings. The average molecular weight is 260 g/mol. The molecular weight excluding hydrogens is 232 g/mol. The van der Waals surface area contributed by atoms with Crippen LogP contribution in [-0.4, -0.2) is 18.1 Å². The predicted octanol–water partition coefficient (Wildman–Crippen LogP) is 3.69. The van der Waals surface area contributed by atoms with E-state index in [2.05, 4.69) is 63.8 Å². The standard InChI is InChI=1S/C17H28N2/c1-16(2,3)14-8-6-7-9-15(14)19-11-10-13(18)12-17(19,4)5/h6-9,13H,10-12,18H2,1-5H3. The summed E-state index contributed by atoms with van der Waals surface area (Å²) in [6.45, 7) is 12.5. The molecule has 0 aliphatic carbocycles. The van der Waals surface area contributed by atoms with Gasteiger partial charge in [-0.1, -0.05) is 39.0 Å². The molecule has 0 saturated carbocycles. The van der Waals surface area contributed by atoms with Crippen LogP contribution in [0.4, 0.5) is 5.69 Å². The molecule has 2 heteroatoms. The summed E-state index contributed by atoms with van der Waals surface area (Å²) in [5.74, 6) is 0. The van der Waals surface area contributed by atoms with Gasteiger partial charge in [0.25, 0.3) is 0 Å². The van der Waals surface area contributed by atoms with Crippen LogP contribution in [0.5, 0.6) is 0 Å². The summed E-state index contributed by atoms with van der Waals surface area (Å²) >= 11 is 0. The third-order valence-corrected chi connectivity index (χ3v) is 4.22. The van der Waals surface area contributed by atoms with Gasteiger partial charge in [-0.2, -0.15) is 0 Å². The molecule has 2 N–H and O–H groups in total. The third kappa shape index (κ3) is 2.94. The molecule has 1 unspecified atom stereocenters. The maximum atomic E-state index is 6.15. The van der Waals surface area contributed by atoms with E-state index in [0.717, 1.165) is 19.4 Å². The molecule has 1 heterocycles. The molecule has 1 saturated heterocycles. The fourth-order valence-electron chi connectivity index (χ4n) is 3.24. The number of para-hydroxylation sites is 1. The molecule has 19 heavy (non-hydrogen) atoms. The molecule has 106 valence electrons. The van der Waals surface area contributed by atoms with Crippen LogP contribution in [0.2, 0.25) is 0 Å². The SMILES string of the molecule is CC(C)(C)c1ccccc1N1CCC(N)CC1(C)C. The van der Waals surface area contributed by atoms with Gasteiger partial charge in [0.05, 0.1) is 0 Å². The highest BCUT2D eigenvalue weighted by Crippen LogP contribution is 2.38. The molecule has 1 aliphatic heterocycles. The minimum Gasteiger partial charge on any atom is -0.366 e. The number of hydrogen-bond acceptors (Lipinski definition) is 2. The maximum Gasteiger partial charge on any atom is 0.0408 e. The number of piperidine rings is 1. The van der Waals surface area contributed by atoms with E-state index in [1.54, 1.807) is 0 Å². The molecule has 1 fully saturated rings. The Morgan fingerprint density at radius 2 is 1.84 bits per heavy atom. The Morgan fingerprint density at radius 3 is 2.42 bits per heavy atom. The van der Waals surface area contributed by atoms with Gasteiger partial charge in [0.1, 0.15) is 0 Å². The van der Waals surface area contributed by atoms with Crippen molar-refractivity contribution < 1.29 is 0 Å². The fraction of sp³-hybridized carbons (Fsp3) is 0.647. The average Bonchev–Trinajstić information content (AvgIpc) is 2.26. The Labute approximate surface area is 118 Å².